The number of ketones is 1. The molecule has 0 aliphatic heterocycles. The molecule has 174 valence electrons. The standard InChI is InChI=1S/C25H12ClF4N3O2/c26-12-2-4-18-13(8-12)23(11-1-3-14(27)15(28)7-11)24(25(35)33-18)21(34)5-6-22-31-19-9-16(29)17(30)10-20(19)32-22/h1-10H,(H,31,32)(H,33,35)/b6-5+. The van der Waals surface area contributed by atoms with E-state index in [0.29, 0.717) is 15.9 Å². The largest absolute Gasteiger partial charge is 0.338 e. The average Bonchev–Trinajstić information content (AvgIpc) is 3.20. The summed E-state index contributed by atoms with van der Waals surface area (Å²) >= 11 is 6.12. The Balaban J connectivity index is 1.66. The number of H-pyrrole nitrogens is 2. The molecule has 3 aromatic carbocycles. The summed E-state index contributed by atoms with van der Waals surface area (Å²) in [5, 5.41) is 0.638. The fraction of sp³-hybridized carbons (Fsp3) is 0. The maximum Gasteiger partial charge on any atom is 0.260 e. The number of benzene rings is 3. The van der Waals surface area contributed by atoms with Gasteiger partial charge in [0.15, 0.2) is 29.1 Å². The normalized spacial score (nSPS) is 11.7. The van der Waals surface area contributed by atoms with Crippen LogP contribution in [0.15, 0.2) is 59.4 Å². The maximum absolute atomic E-state index is 14.1. The molecule has 5 aromatic rings. The third-order valence-corrected chi connectivity index (χ3v) is 5.60. The average molecular weight is 498 g/mol. The Morgan fingerprint density at radius 2 is 1.60 bits per heavy atom. The summed E-state index contributed by atoms with van der Waals surface area (Å²) in [5.41, 5.74) is -0.269. The minimum absolute atomic E-state index is 0.0635. The van der Waals surface area contributed by atoms with Crippen LogP contribution in [0.4, 0.5) is 17.6 Å². The van der Waals surface area contributed by atoms with Crippen LogP contribution in [0.3, 0.4) is 0 Å². The summed E-state index contributed by atoms with van der Waals surface area (Å²) in [6, 6.07) is 9.40. The van der Waals surface area contributed by atoms with Crippen molar-refractivity contribution in [2.24, 2.45) is 0 Å². The number of carbonyl (C=O) groups excluding carboxylic acids is 1. The smallest absolute Gasteiger partial charge is 0.260 e. The van der Waals surface area contributed by atoms with Gasteiger partial charge >= 0.3 is 0 Å². The Morgan fingerprint density at radius 1 is 0.857 bits per heavy atom. The summed E-state index contributed by atoms with van der Waals surface area (Å²) in [6.45, 7) is 0. The van der Waals surface area contributed by atoms with Gasteiger partial charge in [-0.25, -0.2) is 22.5 Å². The van der Waals surface area contributed by atoms with Gasteiger partial charge in [-0.1, -0.05) is 17.7 Å². The van der Waals surface area contributed by atoms with E-state index in [1.807, 2.05) is 0 Å². The van der Waals surface area contributed by atoms with E-state index in [4.69, 9.17) is 11.6 Å². The molecule has 0 amide bonds. The SMILES string of the molecule is O=C(/C=C/c1nc2cc(F)c(F)cc2[nH]1)c1c(-c2ccc(F)c(F)c2)c2cc(Cl)ccc2[nH]c1=O. The van der Waals surface area contributed by atoms with Gasteiger partial charge in [0.05, 0.1) is 16.6 Å². The molecule has 10 heteroatoms. The number of imidazole rings is 1. The molecule has 5 rings (SSSR count). The number of rotatable bonds is 4. The number of pyridine rings is 1. The van der Waals surface area contributed by atoms with E-state index in [0.717, 1.165) is 30.3 Å². The summed E-state index contributed by atoms with van der Waals surface area (Å²) in [4.78, 5) is 35.5. The van der Waals surface area contributed by atoms with Crippen LogP contribution >= 0.6 is 11.6 Å². The lowest BCUT2D eigenvalue weighted by Gasteiger charge is -2.12. The van der Waals surface area contributed by atoms with Gasteiger partial charge in [0.2, 0.25) is 0 Å². The predicted molar refractivity (Wildman–Crippen MR) is 124 cm³/mol. The zero-order chi connectivity index (χ0) is 24.9. The van der Waals surface area contributed by atoms with E-state index < -0.39 is 34.6 Å². The van der Waals surface area contributed by atoms with E-state index in [2.05, 4.69) is 15.0 Å². The highest BCUT2D eigenvalue weighted by Crippen LogP contribution is 2.32. The lowest BCUT2D eigenvalue weighted by molar-refractivity contribution is 0.104. The van der Waals surface area contributed by atoms with Crippen molar-refractivity contribution in [3.8, 4) is 11.1 Å². The van der Waals surface area contributed by atoms with Crippen molar-refractivity contribution in [3.63, 3.8) is 0 Å². The number of allylic oxidation sites excluding steroid dienone is 1. The summed E-state index contributed by atoms with van der Waals surface area (Å²) in [5.74, 6) is -5.06. The number of hydrogen-bond acceptors (Lipinski definition) is 3. The van der Waals surface area contributed by atoms with Crippen LogP contribution in [0.1, 0.15) is 16.2 Å². The minimum atomic E-state index is -1.16. The second-order valence-corrected chi connectivity index (χ2v) is 8.06. The van der Waals surface area contributed by atoms with Crippen LogP contribution in [0.2, 0.25) is 5.02 Å². The second-order valence-electron chi connectivity index (χ2n) is 7.63. The van der Waals surface area contributed by atoms with Crippen molar-refractivity contribution >= 4 is 45.4 Å². The first-order valence-corrected chi connectivity index (χ1v) is 10.5. The maximum atomic E-state index is 14.1. The number of nitrogens with zero attached hydrogens (tertiary/aromatic N) is 1. The monoisotopic (exact) mass is 497 g/mol. The Labute approximate surface area is 198 Å². The lowest BCUT2D eigenvalue weighted by Crippen LogP contribution is -2.18. The molecule has 0 atom stereocenters. The van der Waals surface area contributed by atoms with Crippen molar-refractivity contribution in [3.05, 3.63) is 105 Å². The number of hydrogen-bond donors (Lipinski definition) is 2. The summed E-state index contributed by atoms with van der Waals surface area (Å²) in [6.07, 6.45) is 2.27. The summed E-state index contributed by atoms with van der Waals surface area (Å²) < 4.78 is 54.5. The molecule has 0 fully saturated rings. The van der Waals surface area contributed by atoms with E-state index in [-0.39, 0.29) is 33.5 Å². The Morgan fingerprint density at radius 3 is 2.37 bits per heavy atom. The topological polar surface area (TPSA) is 78.6 Å². The van der Waals surface area contributed by atoms with Gasteiger partial charge in [-0.05, 0) is 48.0 Å². The number of carbonyl (C=O) groups is 1. The molecule has 0 aliphatic carbocycles. The first-order valence-electron chi connectivity index (χ1n) is 10.1. The molecule has 2 heterocycles. The molecular formula is C25H12ClF4N3O2. The molecule has 0 bridgehead atoms. The molecule has 0 aliphatic rings. The van der Waals surface area contributed by atoms with Gasteiger partial charge in [-0.2, -0.15) is 0 Å². The van der Waals surface area contributed by atoms with Crippen LogP contribution in [-0.4, -0.2) is 20.7 Å². The van der Waals surface area contributed by atoms with E-state index >= 15 is 0 Å². The Kier molecular flexibility index (Phi) is 5.49. The van der Waals surface area contributed by atoms with Crippen molar-refractivity contribution in [2.75, 3.05) is 0 Å². The van der Waals surface area contributed by atoms with E-state index in [1.54, 1.807) is 0 Å². The van der Waals surface area contributed by atoms with Gasteiger partial charge in [-0.3, -0.25) is 9.59 Å². The van der Waals surface area contributed by atoms with Gasteiger partial charge in [-0.15, -0.1) is 0 Å². The fourth-order valence-corrected chi connectivity index (χ4v) is 3.97. The highest BCUT2D eigenvalue weighted by molar-refractivity contribution is 6.31. The highest BCUT2D eigenvalue weighted by atomic mass is 35.5. The van der Waals surface area contributed by atoms with Crippen molar-refractivity contribution in [2.45, 2.75) is 0 Å². The second kappa shape index (κ2) is 8.52. The Hall–Kier alpha value is -4.24. The molecule has 0 unspecified atom stereocenters. The van der Waals surface area contributed by atoms with Gasteiger partial charge in [0, 0.05) is 33.6 Å². The van der Waals surface area contributed by atoms with Crippen LogP contribution in [0.25, 0.3) is 39.1 Å². The number of fused-ring (bicyclic) bond motifs is 2. The molecular weight excluding hydrogens is 486 g/mol. The molecule has 5 nitrogen and oxygen atoms in total. The van der Waals surface area contributed by atoms with Gasteiger partial charge in [0.25, 0.3) is 5.56 Å². The predicted octanol–water partition coefficient (Wildman–Crippen LogP) is 6.18. The first-order chi connectivity index (χ1) is 16.7. The molecule has 0 saturated heterocycles. The van der Waals surface area contributed by atoms with Crippen molar-refractivity contribution < 1.29 is 22.4 Å². The van der Waals surface area contributed by atoms with Crippen LogP contribution < -0.4 is 5.56 Å². The number of aromatic amines is 2. The quantitative estimate of drug-likeness (QED) is 0.177. The van der Waals surface area contributed by atoms with Crippen LogP contribution in [0, 0.1) is 23.3 Å². The van der Waals surface area contributed by atoms with Crippen LogP contribution in [0.5, 0.6) is 0 Å². The molecule has 2 aromatic heterocycles. The third kappa shape index (κ3) is 4.10. The zero-order valence-corrected chi connectivity index (χ0v) is 18.2. The third-order valence-electron chi connectivity index (χ3n) is 5.37. The zero-order valence-electron chi connectivity index (χ0n) is 17.4. The fourth-order valence-electron chi connectivity index (χ4n) is 3.79. The molecule has 0 radical (unpaired) electrons. The summed E-state index contributed by atoms with van der Waals surface area (Å²) in [7, 11) is 0. The minimum Gasteiger partial charge on any atom is -0.338 e. The first kappa shape index (κ1) is 22.5. The lowest BCUT2D eigenvalue weighted by atomic mass is 9.93. The molecule has 0 spiro atoms. The number of aromatic nitrogens is 3. The van der Waals surface area contributed by atoms with Crippen molar-refractivity contribution in [1.82, 2.24) is 15.0 Å². The van der Waals surface area contributed by atoms with E-state index in [1.165, 1.54) is 30.3 Å². The number of halogens is 5. The Bertz CT molecular complexity index is 1720. The van der Waals surface area contributed by atoms with Gasteiger partial charge < -0.3 is 9.97 Å². The highest BCUT2D eigenvalue weighted by Gasteiger charge is 2.21. The number of nitrogens with one attached hydrogen (secondary N) is 2. The molecule has 2 N–H and O–H groups in total. The van der Waals surface area contributed by atoms with Crippen LogP contribution in [-0.2, 0) is 0 Å². The van der Waals surface area contributed by atoms with Gasteiger partial charge in [0.1, 0.15) is 5.82 Å². The van der Waals surface area contributed by atoms with E-state index in [9.17, 15) is 27.2 Å². The van der Waals surface area contributed by atoms with Crippen molar-refractivity contribution in [1.29, 1.82) is 0 Å². The molecule has 35 heavy (non-hydrogen) atoms. The molecule has 0 saturated carbocycles.